The molecular formula is C16H29NOSi. The zero-order valence-corrected chi connectivity index (χ0v) is 14.4. The van der Waals surface area contributed by atoms with Gasteiger partial charge in [0.2, 0.25) is 0 Å². The van der Waals surface area contributed by atoms with E-state index in [1.807, 2.05) is 0 Å². The van der Waals surface area contributed by atoms with Crippen molar-refractivity contribution in [2.45, 2.75) is 45.4 Å². The highest BCUT2D eigenvalue weighted by Gasteiger charge is 2.36. The molecule has 1 rings (SSSR count). The Morgan fingerprint density at radius 2 is 1.68 bits per heavy atom. The molecule has 108 valence electrons. The van der Waals surface area contributed by atoms with Crippen LogP contribution in [0.15, 0.2) is 30.3 Å². The first kappa shape index (κ1) is 16.4. The first-order valence-electron chi connectivity index (χ1n) is 7.09. The van der Waals surface area contributed by atoms with Gasteiger partial charge in [0.25, 0.3) is 0 Å². The first-order valence-corrected chi connectivity index (χ1v) is 9.99. The lowest BCUT2D eigenvalue weighted by Gasteiger charge is -2.36. The molecule has 0 saturated heterocycles. The number of hydrogen-bond acceptors (Lipinski definition) is 2. The summed E-state index contributed by atoms with van der Waals surface area (Å²) in [5, 5.41) is 0.297. The van der Waals surface area contributed by atoms with E-state index in [1.54, 1.807) is 0 Å². The van der Waals surface area contributed by atoms with Crippen LogP contribution in [-0.4, -0.2) is 33.4 Å². The molecule has 0 saturated carbocycles. The fourth-order valence-corrected chi connectivity index (χ4v) is 2.68. The van der Waals surface area contributed by atoms with Crippen LogP contribution in [0.4, 0.5) is 0 Å². The summed E-state index contributed by atoms with van der Waals surface area (Å²) in [5.74, 6) is 0. The summed E-state index contributed by atoms with van der Waals surface area (Å²) in [6.07, 6.45) is 0. The van der Waals surface area contributed by atoms with Crippen molar-refractivity contribution in [2.24, 2.45) is 0 Å². The Morgan fingerprint density at radius 1 is 1.11 bits per heavy atom. The second-order valence-corrected chi connectivity index (χ2v) is 11.6. The number of likely N-dealkylation sites (N-methyl/N-ethyl adjacent to an activating group) is 1. The molecule has 3 heteroatoms. The molecule has 0 unspecified atom stereocenters. The topological polar surface area (TPSA) is 12.5 Å². The number of rotatable bonds is 6. The molecule has 0 amide bonds. The van der Waals surface area contributed by atoms with Gasteiger partial charge in [0.05, 0.1) is 0 Å². The van der Waals surface area contributed by atoms with E-state index in [0.29, 0.717) is 5.04 Å². The van der Waals surface area contributed by atoms with E-state index in [2.05, 4.69) is 76.1 Å². The molecule has 1 aromatic rings. The summed E-state index contributed by atoms with van der Waals surface area (Å²) in [6.45, 7) is 14.3. The summed E-state index contributed by atoms with van der Waals surface area (Å²) < 4.78 is 6.20. The molecule has 0 aliphatic carbocycles. The Labute approximate surface area is 119 Å². The molecule has 0 aliphatic heterocycles. The SMILES string of the molecule is CN(Cc1ccccc1)[13CH2][13CH2]O[Si](C)(C)C(C)(C)C. The van der Waals surface area contributed by atoms with Crippen LogP contribution in [0.3, 0.4) is 0 Å². The van der Waals surface area contributed by atoms with Crippen LogP contribution in [0.2, 0.25) is 18.1 Å². The summed E-state index contributed by atoms with van der Waals surface area (Å²) in [6, 6.07) is 10.6. The molecule has 0 N–H and O–H groups in total. The van der Waals surface area contributed by atoms with Crippen LogP contribution in [0.5, 0.6) is 0 Å². The van der Waals surface area contributed by atoms with Crippen LogP contribution in [-0.2, 0) is 11.0 Å². The van der Waals surface area contributed by atoms with E-state index in [4.69, 9.17) is 4.43 Å². The van der Waals surface area contributed by atoms with Crippen molar-refractivity contribution in [1.29, 1.82) is 0 Å². The molecular weight excluding hydrogens is 252 g/mol. The van der Waals surface area contributed by atoms with E-state index >= 15 is 0 Å². The summed E-state index contributed by atoms with van der Waals surface area (Å²) in [4.78, 5) is 2.32. The highest BCUT2D eigenvalue weighted by molar-refractivity contribution is 6.74. The lowest BCUT2D eigenvalue weighted by molar-refractivity contribution is 0.218. The molecule has 0 fully saturated rings. The average molecular weight is 281 g/mol. The van der Waals surface area contributed by atoms with Gasteiger partial charge >= 0.3 is 0 Å². The van der Waals surface area contributed by atoms with Crippen molar-refractivity contribution in [3.8, 4) is 0 Å². The monoisotopic (exact) mass is 281 g/mol. The Balaban J connectivity index is 2.34. The fraction of sp³-hybridized carbons (Fsp3) is 0.625. The smallest absolute Gasteiger partial charge is 0.192 e. The Kier molecular flexibility index (Phi) is 5.77. The Bertz CT molecular complexity index is 370. The molecule has 0 aromatic heterocycles. The number of nitrogens with zero attached hydrogens (tertiary/aromatic N) is 1. The van der Waals surface area contributed by atoms with Crippen molar-refractivity contribution >= 4 is 8.32 Å². The predicted octanol–water partition coefficient (Wildman–Crippen LogP) is 4.14. The van der Waals surface area contributed by atoms with Gasteiger partial charge in [0, 0.05) is 19.7 Å². The zero-order valence-electron chi connectivity index (χ0n) is 13.4. The first-order chi connectivity index (χ1) is 8.72. The van der Waals surface area contributed by atoms with Crippen molar-refractivity contribution in [3.63, 3.8) is 0 Å². The standard InChI is InChI=1S/C16H29NOSi/c1-16(2,3)19(5,6)18-13-12-17(4)14-15-10-8-7-9-11-15/h7-11H,12-14H2,1-6H3/i12+1,13+1. The third-order valence-electron chi connectivity index (χ3n) is 4.04. The lowest BCUT2D eigenvalue weighted by Crippen LogP contribution is -2.42. The highest BCUT2D eigenvalue weighted by Crippen LogP contribution is 2.36. The van der Waals surface area contributed by atoms with E-state index in [0.717, 1.165) is 19.7 Å². The summed E-state index contributed by atoms with van der Waals surface area (Å²) in [5.41, 5.74) is 1.36. The van der Waals surface area contributed by atoms with Gasteiger partial charge in [-0.25, -0.2) is 0 Å². The third kappa shape index (κ3) is 5.47. The number of benzene rings is 1. The Morgan fingerprint density at radius 3 is 2.21 bits per heavy atom. The van der Waals surface area contributed by atoms with Gasteiger partial charge < -0.3 is 4.43 Å². The van der Waals surface area contributed by atoms with Gasteiger partial charge in [-0.05, 0) is 30.7 Å². The Hall–Kier alpha value is -0.643. The van der Waals surface area contributed by atoms with Crippen LogP contribution < -0.4 is 0 Å². The quantitative estimate of drug-likeness (QED) is 0.574. The molecule has 0 radical (unpaired) electrons. The largest absolute Gasteiger partial charge is 0.416 e. The minimum absolute atomic E-state index is 0.297. The van der Waals surface area contributed by atoms with Crippen molar-refractivity contribution in [2.75, 3.05) is 20.2 Å². The molecule has 0 spiro atoms. The molecule has 0 heterocycles. The third-order valence-corrected chi connectivity index (χ3v) is 8.58. The van der Waals surface area contributed by atoms with Gasteiger partial charge in [0.15, 0.2) is 8.32 Å². The van der Waals surface area contributed by atoms with Gasteiger partial charge in [-0.3, -0.25) is 4.90 Å². The minimum Gasteiger partial charge on any atom is -0.416 e. The van der Waals surface area contributed by atoms with Crippen LogP contribution in [0.1, 0.15) is 26.3 Å². The molecule has 0 aliphatic rings. The van der Waals surface area contributed by atoms with E-state index in [9.17, 15) is 0 Å². The molecule has 1 aromatic carbocycles. The maximum Gasteiger partial charge on any atom is 0.192 e. The normalized spacial score (nSPS) is 13.0. The van der Waals surface area contributed by atoms with Crippen molar-refractivity contribution in [3.05, 3.63) is 35.9 Å². The minimum atomic E-state index is -1.59. The molecule has 0 atom stereocenters. The maximum absolute atomic E-state index is 6.20. The average Bonchev–Trinajstić information content (AvgIpc) is 2.28. The highest BCUT2D eigenvalue weighted by atomic mass is 28.4. The molecule has 2 nitrogen and oxygen atoms in total. The lowest BCUT2D eigenvalue weighted by atomic mass is 10.2. The van der Waals surface area contributed by atoms with Crippen LogP contribution in [0, 0.1) is 0 Å². The van der Waals surface area contributed by atoms with Crippen LogP contribution in [0.25, 0.3) is 0 Å². The molecule has 0 bridgehead atoms. The zero-order chi connectivity index (χ0) is 14.5. The second kappa shape index (κ2) is 6.68. The van der Waals surface area contributed by atoms with Crippen LogP contribution >= 0.6 is 0 Å². The number of hydrogen-bond donors (Lipinski definition) is 0. The second-order valence-electron chi connectivity index (χ2n) is 6.83. The molecule has 19 heavy (non-hydrogen) atoms. The fourth-order valence-electron chi connectivity index (χ4n) is 1.65. The van der Waals surface area contributed by atoms with Crippen molar-refractivity contribution < 1.29 is 4.43 Å². The maximum atomic E-state index is 6.20. The van der Waals surface area contributed by atoms with Gasteiger partial charge in [-0.15, -0.1) is 0 Å². The van der Waals surface area contributed by atoms with E-state index in [1.165, 1.54) is 5.56 Å². The van der Waals surface area contributed by atoms with Gasteiger partial charge in [-0.1, -0.05) is 51.1 Å². The van der Waals surface area contributed by atoms with E-state index < -0.39 is 8.32 Å². The van der Waals surface area contributed by atoms with E-state index in [-0.39, 0.29) is 0 Å². The predicted molar refractivity (Wildman–Crippen MR) is 85.9 cm³/mol. The summed E-state index contributed by atoms with van der Waals surface area (Å²) in [7, 11) is 0.564. The van der Waals surface area contributed by atoms with Gasteiger partial charge in [0.1, 0.15) is 0 Å². The van der Waals surface area contributed by atoms with Crippen molar-refractivity contribution in [1.82, 2.24) is 4.90 Å². The van der Waals surface area contributed by atoms with Gasteiger partial charge in [-0.2, -0.15) is 0 Å². The summed E-state index contributed by atoms with van der Waals surface area (Å²) >= 11 is 0.